The molecule has 1 aliphatic heterocycles. The molecule has 0 aromatic heterocycles. The van der Waals surface area contributed by atoms with Crippen LogP contribution in [0.15, 0.2) is 76.8 Å². The molecule has 1 amide bonds. The molecule has 2 aromatic rings. The lowest BCUT2D eigenvalue weighted by molar-refractivity contribution is -0.131. The van der Waals surface area contributed by atoms with Crippen LogP contribution >= 0.6 is 0 Å². The average molecular weight is 532 g/mol. The highest BCUT2D eigenvalue weighted by atomic mass is 32.2. The maximum absolute atomic E-state index is 13.0. The van der Waals surface area contributed by atoms with Gasteiger partial charge in [0.15, 0.2) is 0 Å². The summed E-state index contributed by atoms with van der Waals surface area (Å²) in [5.74, 6) is -0.466. The number of carbonyl (C=O) groups is 1. The molecular formula is C25H30FN5O5S. The van der Waals surface area contributed by atoms with Crippen LogP contribution in [0.5, 0.6) is 11.5 Å². The predicted octanol–water partition coefficient (Wildman–Crippen LogP) is 2.87. The van der Waals surface area contributed by atoms with E-state index in [1.54, 1.807) is 0 Å². The van der Waals surface area contributed by atoms with E-state index in [-0.39, 0.29) is 11.3 Å². The summed E-state index contributed by atoms with van der Waals surface area (Å²) in [6, 6.07) is 9.87. The van der Waals surface area contributed by atoms with Crippen molar-refractivity contribution in [1.82, 2.24) is 26.2 Å². The Morgan fingerprint density at radius 1 is 1.11 bits per heavy atom. The summed E-state index contributed by atoms with van der Waals surface area (Å²) in [7, 11) is -4.05. The van der Waals surface area contributed by atoms with Gasteiger partial charge in [0.2, 0.25) is 10.0 Å². The zero-order valence-electron chi connectivity index (χ0n) is 20.1. The van der Waals surface area contributed by atoms with Crippen molar-refractivity contribution < 1.29 is 27.5 Å². The average Bonchev–Trinajstić information content (AvgIpc) is 3.32. The number of nitrogens with zero attached hydrogens (tertiary/aromatic N) is 1. The number of unbranched alkanes of at least 4 members (excludes halogenated alkanes) is 1. The number of benzene rings is 2. The van der Waals surface area contributed by atoms with Crippen molar-refractivity contribution in [3.8, 4) is 11.5 Å². The third-order valence-electron chi connectivity index (χ3n) is 6.01. The third-order valence-corrected chi connectivity index (χ3v) is 7.50. The summed E-state index contributed by atoms with van der Waals surface area (Å²) in [4.78, 5) is 12.1. The molecular weight excluding hydrogens is 501 g/mol. The van der Waals surface area contributed by atoms with Gasteiger partial charge in [0.1, 0.15) is 23.4 Å². The Morgan fingerprint density at radius 2 is 1.81 bits per heavy atom. The monoisotopic (exact) mass is 531 g/mol. The molecule has 2 aliphatic rings. The molecule has 12 heteroatoms. The molecule has 0 saturated carbocycles. The molecule has 0 spiro atoms. The van der Waals surface area contributed by atoms with E-state index in [1.807, 2.05) is 5.12 Å². The van der Waals surface area contributed by atoms with E-state index in [0.717, 1.165) is 25.1 Å². The van der Waals surface area contributed by atoms with Gasteiger partial charge in [-0.2, -0.15) is 9.84 Å². The van der Waals surface area contributed by atoms with Crippen LogP contribution < -0.4 is 25.8 Å². The molecule has 1 heterocycles. The first-order valence-electron chi connectivity index (χ1n) is 12.0. The molecule has 0 saturated heterocycles. The number of carbonyl (C=O) groups excluding carboxylic acids is 1. The van der Waals surface area contributed by atoms with Crippen molar-refractivity contribution in [3.63, 3.8) is 0 Å². The van der Waals surface area contributed by atoms with Gasteiger partial charge in [0.25, 0.3) is 5.91 Å². The van der Waals surface area contributed by atoms with E-state index in [1.165, 1.54) is 59.6 Å². The van der Waals surface area contributed by atoms with Crippen molar-refractivity contribution >= 4 is 15.9 Å². The maximum Gasteiger partial charge on any atom is 0.261 e. The number of sulfonamides is 1. The van der Waals surface area contributed by atoms with Crippen LogP contribution in [0.2, 0.25) is 0 Å². The van der Waals surface area contributed by atoms with Crippen molar-refractivity contribution in [1.29, 1.82) is 0 Å². The topological polar surface area (TPSA) is 132 Å². The number of rotatable bonds is 12. The van der Waals surface area contributed by atoms with Crippen LogP contribution in [0.3, 0.4) is 0 Å². The molecule has 5 N–H and O–H groups in total. The van der Waals surface area contributed by atoms with Crippen LogP contribution in [0.1, 0.15) is 32.1 Å². The second-order valence-corrected chi connectivity index (χ2v) is 10.5. The summed E-state index contributed by atoms with van der Waals surface area (Å²) in [6.07, 6.45) is 7.73. The third kappa shape index (κ3) is 7.37. The first kappa shape index (κ1) is 26.8. The van der Waals surface area contributed by atoms with Gasteiger partial charge >= 0.3 is 0 Å². The Balaban J connectivity index is 1.25. The van der Waals surface area contributed by atoms with Crippen molar-refractivity contribution in [2.45, 2.75) is 43.0 Å². The molecule has 37 heavy (non-hydrogen) atoms. The highest BCUT2D eigenvalue weighted by Gasteiger charge is 2.26. The summed E-state index contributed by atoms with van der Waals surface area (Å²) < 4.78 is 46.7. The fraction of sp³-hybridized carbons (Fsp3) is 0.320. The van der Waals surface area contributed by atoms with E-state index in [9.17, 15) is 17.6 Å². The zero-order chi connectivity index (χ0) is 26.3. The predicted molar refractivity (Wildman–Crippen MR) is 134 cm³/mol. The Morgan fingerprint density at radius 3 is 2.49 bits per heavy atom. The second kappa shape index (κ2) is 12.3. The zero-order valence-corrected chi connectivity index (χ0v) is 20.9. The number of nitrogens with one attached hydrogen (secondary N) is 4. The number of hydroxylamine groups is 1. The number of hydrogen-bond donors (Lipinski definition) is 5. The Kier molecular flexibility index (Phi) is 8.90. The number of amides is 1. The van der Waals surface area contributed by atoms with Crippen LogP contribution in [0.25, 0.3) is 0 Å². The molecule has 0 radical (unpaired) electrons. The lowest BCUT2D eigenvalue weighted by Gasteiger charge is -2.19. The molecule has 10 nitrogen and oxygen atoms in total. The molecule has 0 unspecified atom stereocenters. The van der Waals surface area contributed by atoms with Crippen molar-refractivity contribution in [2.75, 3.05) is 13.1 Å². The van der Waals surface area contributed by atoms with Crippen LogP contribution in [-0.4, -0.2) is 43.8 Å². The van der Waals surface area contributed by atoms with Gasteiger partial charge in [-0.3, -0.25) is 10.0 Å². The van der Waals surface area contributed by atoms with Crippen molar-refractivity contribution in [3.05, 3.63) is 77.8 Å². The largest absolute Gasteiger partial charge is 0.457 e. The van der Waals surface area contributed by atoms with Crippen LogP contribution in [0, 0.1) is 5.82 Å². The van der Waals surface area contributed by atoms with E-state index >= 15 is 0 Å². The summed E-state index contributed by atoms with van der Waals surface area (Å²) in [6.45, 7) is 1.43. The summed E-state index contributed by atoms with van der Waals surface area (Å²) in [5, 5.41) is 11.0. The first-order valence-corrected chi connectivity index (χ1v) is 13.5. The Labute approximate surface area is 215 Å². The lowest BCUT2D eigenvalue weighted by Crippen LogP contribution is -2.46. The number of hydrogen-bond acceptors (Lipinski definition) is 8. The van der Waals surface area contributed by atoms with E-state index in [2.05, 4.69) is 27.7 Å². The smallest absolute Gasteiger partial charge is 0.261 e. The number of ether oxygens (including phenoxy) is 1. The molecule has 0 fully saturated rings. The number of allylic oxidation sites excluding steroid dienone is 2. The number of hydrazine groups is 2. The Bertz CT molecular complexity index is 1250. The molecule has 4 rings (SSSR count). The minimum absolute atomic E-state index is 0.0676. The molecule has 1 atom stereocenters. The number of halogens is 1. The van der Waals surface area contributed by atoms with Gasteiger partial charge < -0.3 is 10.2 Å². The van der Waals surface area contributed by atoms with Gasteiger partial charge in [0.05, 0.1) is 17.1 Å². The van der Waals surface area contributed by atoms with Gasteiger partial charge in [-0.05, 0) is 85.9 Å². The standard InChI is InChI=1S/C25H30FN5O5S/c26-19-8-10-20(11-9-19)36-21-12-14-22(15-13-21)37(34,35)30-24(25(32)29-33)7-3-4-16-27-31-17-18-5-1-2-6-23(18)28-31/h2,6,8-15,24,27-28,30,33H,1,3-5,7,16-17H2,(H,29,32)/t24-/m1/s1. The van der Waals surface area contributed by atoms with Gasteiger partial charge in [-0.25, -0.2) is 23.7 Å². The first-order chi connectivity index (χ1) is 17.8. The van der Waals surface area contributed by atoms with E-state index in [4.69, 9.17) is 9.94 Å². The van der Waals surface area contributed by atoms with Crippen LogP contribution in [0.4, 0.5) is 4.39 Å². The lowest BCUT2D eigenvalue weighted by atomic mass is 10.0. The minimum Gasteiger partial charge on any atom is -0.457 e. The Hall–Kier alpha value is -3.29. The van der Waals surface area contributed by atoms with Gasteiger partial charge in [0, 0.05) is 6.54 Å². The SMILES string of the molecule is O=C(NO)[C@@H](CCCCNN1CC2=C(C=CCC2)N1)NS(=O)(=O)c1ccc(Oc2ccc(F)cc2)cc1. The van der Waals surface area contributed by atoms with Crippen molar-refractivity contribution in [2.24, 2.45) is 0 Å². The van der Waals surface area contributed by atoms with E-state index in [0.29, 0.717) is 30.9 Å². The van der Waals surface area contributed by atoms with Crippen LogP contribution in [-0.2, 0) is 14.8 Å². The minimum atomic E-state index is -4.05. The maximum atomic E-state index is 13.0. The highest BCUT2D eigenvalue weighted by molar-refractivity contribution is 7.89. The molecule has 1 aliphatic carbocycles. The fourth-order valence-corrected chi connectivity index (χ4v) is 5.28. The highest BCUT2D eigenvalue weighted by Crippen LogP contribution is 2.24. The molecule has 2 aromatic carbocycles. The molecule has 0 bridgehead atoms. The fourth-order valence-electron chi connectivity index (χ4n) is 4.05. The molecule has 198 valence electrons. The summed E-state index contributed by atoms with van der Waals surface area (Å²) >= 11 is 0. The van der Waals surface area contributed by atoms with Gasteiger partial charge in [-0.1, -0.05) is 12.5 Å². The second-order valence-electron chi connectivity index (χ2n) is 8.74. The normalized spacial score (nSPS) is 16.3. The van der Waals surface area contributed by atoms with E-state index < -0.39 is 27.8 Å². The summed E-state index contributed by atoms with van der Waals surface area (Å²) in [5.41, 5.74) is 10.6. The van der Waals surface area contributed by atoms with Gasteiger partial charge in [-0.15, -0.1) is 0 Å². The quantitative estimate of drug-likeness (QED) is 0.161.